The topological polar surface area (TPSA) is 78.6 Å². The highest BCUT2D eigenvalue weighted by Crippen LogP contribution is 2.51. The molecule has 0 saturated carbocycles. The van der Waals surface area contributed by atoms with Gasteiger partial charge in [-0.1, -0.05) is 28.1 Å². The Bertz CT molecular complexity index is 1040. The highest BCUT2D eigenvalue weighted by Gasteiger charge is 2.24. The third-order valence-electron chi connectivity index (χ3n) is 3.82. The molecule has 0 amide bonds. The van der Waals surface area contributed by atoms with Gasteiger partial charge < -0.3 is 13.5 Å². The molecule has 0 fully saturated rings. The van der Waals surface area contributed by atoms with E-state index in [2.05, 4.69) is 20.9 Å². The first kappa shape index (κ1) is 20.0. The van der Waals surface area contributed by atoms with Crippen LogP contribution in [0.15, 0.2) is 56.1 Å². The summed E-state index contributed by atoms with van der Waals surface area (Å²) in [5, 5.41) is 0.416. The summed E-state index contributed by atoms with van der Waals surface area (Å²) in [4.78, 5) is 16.6. The summed E-state index contributed by atoms with van der Waals surface area (Å²) in [6, 6.07) is 12.4. The zero-order chi connectivity index (χ0) is 19.4. The first-order valence-electron chi connectivity index (χ1n) is 8.52. The van der Waals surface area contributed by atoms with Crippen molar-refractivity contribution in [3.8, 4) is 11.5 Å². The molecule has 142 valence electrons. The summed E-state index contributed by atoms with van der Waals surface area (Å²) in [6.45, 7) is 4.19. The lowest BCUT2D eigenvalue weighted by Crippen LogP contribution is -2.03. The predicted molar refractivity (Wildman–Crippen MR) is 108 cm³/mol. The second kappa shape index (κ2) is 8.48. The normalized spacial score (nSPS) is 11.8. The minimum atomic E-state index is -3.17. The average molecular weight is 452 g/mol. The van der Waals surface area contributed by atoms with Gasteiger partial charge in [-0.15, -0.1) is 0 Å². The zero-order valence-corrected chi connectivity index (χ0v) is 17.5. The van der Waals surface area contributed by atoms with Crippen molar-refractivity contribution >= 4 is 34.4 Å². The molecular weight excluding hydrogens is 433 g/mol. The molecule has 6 nitrogen and oxygen atoms in total. The Morgan fingerprint density at radius 3 is 2.37 bits per heavy atom. The van der Waals surface area contributed by atoms with Gasteiger partial charge in [-0.2, -0.15) is 0 Å². The van der Waals surface area contributed by atoms with Gasteiger partial charge in [0.15, 0.2) is 0 Å². The van der Waals surface area contributed by atoms with E-state index in [1.165, 1.54) is 0 Å². The van der Waals surface area contributed by atoms with Gasteiger partial charge in [0.05, 0.1) is 30.3 Å². The molecule has 1 aromatic heterocycles. The standard InChI is InChI=1S/C19H19BrNO5P/c1-3-24-27(23,25-4-2)12-13-5-7-14(8-6-13)18-21-17-10-9-15(20)11-16(17)19(22)26-18/h5-11H,3-4,12H2,1-2H3. The molecule has 0 aliphatic carbocycles. The number of hydrogen-bond donors (Lipinski definition) is 0. The molecule has 0 saturated heterocycles. The second-order valence-electron chi connectivity index (χ2n) is 5.77. The van der Waals surface area contributed by atoms with Crippen LogP contribution in [0.2, 0.25) is 0 Å². The molecule has 0 bridgehead atoms. The minimum absolute atomic E-state index is 0.179. The van der Waals surface area contributed by atoms with Gasteiger partial charge in [0, 0.05) is 10.0 Å². The number of fused-ring (bicyclic) bond motifs is 1. The number of halogens is 1. The first-order chi connectivity index (χ1) is 12.9. The van der Waals surface area contributed by atoms with Crippen LogP contribution in [0.4, 0.5) is 0 Å². The van der Waals surface area contributed by atoms with E-state index in [4.69, 9.17) is 13.5 Å². The quantitative estimate of drug-likeness (QED) is 0.448. The fraction of sp³-hybridized carbons (Fsp3) is 0.263. The molecule has 3 aromatic rings. The van der Waals surface area contributed by atoms with Crippen molar-refractivity contribution in [1.29, 1.82) is 0 Å². The fourth-order valence-electron chi connectivity index (χ4n) is 2.67. The van der Waals surface area contributed by atoms with Gasteiger partial charge >= 0.3 is 13.2 Å². The maximum absolute atomic E-state index is 12.6. The maximum Gasteiger partial charge on any atom is 0.347 e. The molecule has 2 aromatic carbocycles. The van der Waals surface area contributed by atoms with Crippen molar-refractivity contribution in [2.45, 2.75) is 20.0 Å². The minimum Gasteiger partial charge on any atom is -0.403 e. The van der Waals surface area contributed by atoms with Crippen molar-refractivity contribution in [2.24, 2.45) is 0 Å². The van der Waals surface area contributed by atoms with E-state index in [1.807, 2.05) is 6.07 Å². The van der Waals surface area contributed by atoms with Crippen LogP contribution in [0, 0.1) is 0 Å². The number of nitrogens with zero attached hydrogens (tertiary/aromatic N) is 1. The van der Waals surface area contributed by atoms with E-state index in [9.17, 15) is 9.36 Å². The number of aromatic nitrogens is 1. The van der Waals surface area contributed by atoms with Crippen molar-refractivity contribution in [3.63, 3.8) is 0 Å². The molecule has 0 spiro atoms. The van der Waals surface area contributed by atoms with E-state index in [1.54, 1.807) is 50.2 Å². The zero-order valence-electron chi connectivity index (χ0n) is 15.0. The molecule has 0 aliphatic heterocycles. The van der Waals surface area contributed by atoms with Gasteiger partial charge in [0.25, 0.3) is 0 Å². The Balaban J connectivity index is 1.89. The summed E-state index contributed by atoms with van der Waals surface area (Å²) < 4.78 is 29.4. The summed E-state index contributed by atoms with van der Waals surface area (Å²) in [5.74, 6) is 0.235. The summed E-state index contributed by atoms with van der Waals surface area (Å²) in [5.41, 5.74) is 1.57. The van der Waals surface area contributed by atoms with E-state index < -0.39 is 13.2 Å². The molecule has 0 unspecified atom stereocenters. The van der Waals surface area contributed by atoms with Crippen molar-refractivity contribution < 1.29 is 18.0 Å². The van der Waals surface area contributed by atoms with Crippen LogP contribution >= 0.6 is 23.5 Å². The fourth-order valence-corrected chi connectivity index (χ4v) is 4.73. The van der Waals surface area contributed by atoms with Gasteiger partial charge in [-0.05, 0) is 49.7 Å². The Hall–Kier alpha value is -1.79. The predicted octanol–water partition coefficient (Wildman–Crippen LogP) is 5.38. The van der Waals surface area contributed by atoms with Crippen molar-refractivity contribution in [1.82, 2.24) is 4.98 Å². The summed E-state index contributed by atoms with van der Waals surface area (Å²) in [7, 11) is -3.17. The van der Waals surface area contributed by atoms with E-state index in [0.717, 1.165) is 10.0 Å². The van der Waals surface area contributed by atoms with Crippen LogP contribution in [-0.2, 0) is 19.8 Å². The van der Waals surface area contributed by atoms with Crippen molar-refractivity contribution in [3.05, 3.63) is 62.9 Å². The van der Waals surface area contributed by atoms with Gasteiger partial charge in [-0.3, -0.25) is 4.57 Å². The van der Waals surface area contributed by atoms with E-state index in [0.29, 0.717) is 29.7 Å². The summed E-state index contributed by atoms with van der Waals surface area (Å²) >= 11 is 3.33. The molecule has 0 aliphatic rings. The Morgan fingerprint density at radius 2 is 1.74 bits per heavy atom. The lowest BCUT2D eigenvalue weighted by atomic mass is 10.1. The first-order valence-corrected chi connectivity index (χ1v) is 11.0. The van der Waals surface area contributed by atoms with Crippen LogP contribution in [-0.4, -0.2) is 18.2 Å². The molecule has 1 heterocycles. The second-order valence-corrected chi connectivity index (χ2v) is 8.74. The monoisotopic (exact) mass is 451 g/mol. The van der Waals surface area contributed by atoms with Crippen LogP contribution in [0.25, 0.3) is 22.4 Å². The molecular formula is C19H19BrNO5P. The maximum atomic E-state index is 12.6. The molecule has 0 atom stereocenters. The molecule has 27 heavy (non-hydrogen) atoms. The van der Waals surface area contributed by atoms with Crippen LogP contribution in [0.1, 0.15) is 19.4 Å². The molecule has 0 N–H and O–H groups in total. The lowest BCUT2D eigenvalue weighted by molar-refractivity contribution is 0.219. The molecule has 0 radical (unpaired) electrons. The lowest BCUT2D eigenvalue weighted by Gasteiger charge is -2.17. The highest BCUT2D eigenvalue weighted by atomic mass is 79.9. The van der Waals surface area contributed by atoms with Crippen LogP contribution in [0.3, 0.4) is 0 Å². The average Bonchev–Trinajstić information content (AvgIpc) is 2.63. The van der Waals surface area contributed by atoms with Gasteiger partial charge in [0.2, 0.25) is 5.89 Å². The Labute approximate surface area is 165 Å². The molecule has 3 rings (SSSR count). The van der Waals surface area contributed by atoms with Gasteiger partial charge in [-0.25, -0.2) is 9.78 Å². The van der Waals surface area contributed by atoms with E-state index in [-0.39, 0.29) is 12.1 Å². The third kappa shape index (κ3) is 4.74. The number of hydrogen-bond acceptors (Lipinski definition) is 6. The number of rotatable bonds is 7. The Kier molecular flexibility index (Phi) is 6.27. The van der Waals surface area contributed by atoms with E-state index >= 15 is 0 Å². The SMILES string of the molecule is CCOP(=O)(Cc1ccc(-c2nc3ccc(Br)cc3c(=O)o2)cc1)OCC. The van der Waals surface area contributed by atoms with Crippen LogP contribution < -0.4 is 5.63 Å². The smallest absolute Gasteiger partial charge is 0.347 e. The van der Waals surface area contributed by atoms with Crippen LogP contribution in [0.5, 0.6) is 0 Å². The van der Waals surface area contributed by atoms with Crippen molar-refractivity contribution in [2.75, 3.05) is 13.2 Å². The Morgan fingerprint density at radius 1 is 1.07 bits per heavy atom. The third-order valence-corrected chi connectivity index (χ3v) is 6.37. The summed E-state index contributed by atoms with van der Waals surface area (Å²) in [6.07, 6.45) is 0.179. The highest BCUT2D eigenvalue weighted by molar-refractivity contribution is 9.10. The largest absolute Gasteiger partial charge is 0.403 e. The van der Waals surface area contributed by atoms with Gasteiger partial charge in [0.1, 0.15) is 0 Å². The molecule has 8 heteroatoms. The number of benzene rings is 2.